The summed E-state index contributed by atoms with van der Waals surface area (Å²) in [6.07, 6.45) is 0. The topological polar surface area (TPSA) is 123 Å². The van der Waals surface area contributed by atoms with Crippen LogP contribution in [0.3, 0.4) is 0 Å². The highest BCUT2D eigenvalue weighted by atomic mass is 16.6. The largest absolute Gasteiger partial charge is 0.539 e. The average molecular weight is 443 g/mol. The molecule has 0 fully saturated rings. The minimum Gasteiger partial charge on any atom is -0.539 e. The lowest BCUT2D eigenvalue weighted by Gasteiger charge is -2.08. The first kappa shape index (κ1) is 20.2. The van der Waals surface area contributed by atoms with Crippen LogP contribution in [0.2, 0.25) is 0 Å². The van der Waals surface area contributed by atoms with Crippen molar-refractivity contribution in [3.8, 4) is 28.8 Å². The van der Waals surface area contributed by atoms with Gasteiger partial charge in [0.1, 0.15) is 18.1 Å². The van der Waals surface area contributed by atoms with Crippen LogP contribution < -0.4 is 14.5 Å². The van der Waals surface area contributed by atoms with Crippen molar-refractivity contribution in [2.75, 3.05) is 7.11 Å². The molecule has 0 unspecified atom stereocenters. The van der Waals surface area contributed by atoms with E-state index < -0.39 is 10.9 Å². The number of hydrogen-bond donors (Lipinski definition) is 0. The van der Waals surface area contributed by atoms with Crippen LogP contribution in [0, 0.1) is 10.1 Å². The molecule has 10 nitrogen and oxygen atoms in total. The van der Waals surface area contributed by atoms with Crippen molar-refractivity contribution in [1.29, 1.82) is 0 Å². The van der Waals surface area contributed by atoms with Gasteiger partial charge >= 0.3 is 0 Å². The Hall–Kier alpha value is -4.73. The maximum Gasteiger partial charge on any atom is 0.269 e. The molecule has 0 aliphatic heterocycles. The van der Waals surface area contributed by atoms with Crippen LogP contribution in [0.4, 0.5) is 5.69 Å². The van der Waals surface area contributed by atoms with Gasteiger partial charge in [0.2, 0.25) is 5.69 Å². The Kier molecular flexibility index (Phi) is 4.94. The van der Waals surface area contributed by atoms with Crippen molar-refractivity contribution in [3.05, 3.63) is 88.6 Å². The van der Waals surface area contributed by atoms with Crippen LogP contribution in [0.15, 0.2) is 77.3 Å². The third-order valence-corrected chi connectivity index (χ3v) is 5.31. The van der Waals surface area contributed by atoms with E-state index in [2.05, 4.69) is 5.27 Å². The molecule has 164 valence electrons. The minimum absolute atomic E-state index is 0.0142. The summed E-state index contributed by atoms with van der Waals surface area (Å²) in [6, 6.07) is 20.7. The summed E-state index contributed by atoms with van der Waals surface area (Å²) in [6.45, 7) is 0.126. The molecule has 0 atom stereocenters. The zero-order valence-corrected chi connectivity index (χ0v) is 17.4. The number of benzene rings is 3. The van der Waals surface area contributed by atoms with Gasteiger partial charge in [-0.05, 0) is 41.1 Å². The van der Waals surface area contributed by atoms with Gasteiger partial charge in [-0.25, -0.2) is 4.98 Å². The van der Waals surface area contributed by atoms with Gasteiger partial charge in [-0.1, -0.05) is 12.1 Å². The van der Waals surface area contributed by atoms with Crippen LogP contribution in [0.5, 0.6) is 11.7 Å². The number of hydrogen-bond acceptors (Lipinski definition) is 7. The molecular formula is C23H17N5O5. The summed E-state index contributed by atoms with van der Waals surface area (Å²) < 4.78 is 13.5. The standard InChI is InChI=1S/C23H17N5O5/c1-32-18-12-10-16(11-13-18)27-21(23(29)33-25-27)14-26-20-5-3-2-4-19(20)24-22(26)15-6-8-17(9-7-15)28(30)31/h2-13H,14H2,1H3. The van der Waals surface area contributed by atoms with Crippen molar-refractivity contribution in [2.45, 2.75) is 6.54 Å². The zero-order valence-electron chi connectivity index (χ0n) is 17.4. The third kappa shape index (κ3) is 3.63. The van der Waals surface area contributed by atoms with Gasteiger partial charge in [0.25, 0.3) is 11.4 Å². The molecule has 0 N–H and O–H groups in total. The number of non-ortho nitro benzene ring substituents is 1. The summed E-state index contributed by atoms with van der Waals surface area (Å²) in [7, 11) is 1.57. The van der Waals surface area contributed by atoms with E-state index in [1.807, 2.05) is 28.8 Å². The van der Waals surface area contributed by atoms with Gasteiger partial charge in [0.05, 0.1) is 28.3 Å². The highest BCUT2D eigenvalue weighted by Crippen LogP contribution is 2.28. The number of para-hydroxylation sites is 2. The number of aromatic nitrogens is 4. The van der Waals surface area contributed by atoms with E-state index in [1.54, 1.807) is 43.5 Å². The van der Waals surface area contributed by atoms with Crippen molar-refractivity contribution in [3.63, 3.8) is 0 Å². The Bertz CT molecular complexity index is 1460. The predicted molar refractivity (Wildman–Crippen MR) is 115 cm³/mol. The SMILES string of the molecule is COc1ccc(-[n+]2noc([O-])c2Cn2c(-c3ccc([N+](=O)[O-])cc3)nc3ccccc32)cc1. The summed E-state index contributed by atoms with van der Waals surface area (Å²) in [5.74, 6) is 0.666. The van der Waals surface area contributed by atoms with Crippen LogP contribution in [-0.4, -0.2) is 26.9 Å². The van der Waals surface area contributed by atoms with Crippen molar-refractivity contribution in [1.82, 2.24) is 14.8 Å². The number of nitro groups is 1. The van der Waals surface area contributed by atoms with Crippen LogP contribution in [-0.2, 0) is 6.54 Å². The van der Waals surface area contributed by atoms with E-state index in [1.165, 1.54) is 16.8 Å². The van der Waals surface area contributed by atoms with Gasteiger partial charge in [0.15, 0.2) is 5.95 Å². The molecule has 2 aromatic heterocycles. The van der Waals surface area contributed by atoms with Crippen LogP contribution >= 0.6 is 0 Å². The second kappa shape index (κ2) is 8.08. The molecule has 33 heavy (non-hydrogen) atoms. The number of nitrogens with zero attached hydrogens (tertiary/aromatic N) is 5. The van der Waals surface area contributed by atoms with Crippen molar-refractivity contribution < 1.29 is 24.0 Å². The number of nitro benzene ring substituents is 1. The fourth-order valence-electron chi connectivity index (χ4n) is 3.66. The van der Waals surface area contributed by atoms with Gasteiger partial charge in [-0.2, -0.15) is 0 Å². The molecule has 0 radical (unpaired) electrons. The van der Waals surface area contributed by atoms with E-state index >= 15 is 0 Å². The van der Waals surface area contributed by atoms with E-state index in [4.69, 9.17) is 14.2 Å². The normalized spacial score (nSPS) is 11.1. The maximum atomic E-state index is 12.6. The number of rotatable bonds is 6. The first-order valence-corrected chi connectivity index (χ1v) is 9.97. The van der Waals surface area contributed by atoms with E-state index in [0.29, 0.717) is 28.5 Å². The molecule has 2 heterocycles. The lowest BCUT2D eigenvalue weighted by atomic mass is 10.2. The molecule has 3 aromatic carbocycles. The second-order valence-electron chi connectivity index (χ2n) is 7.23. The Morgan fingerprint density at radius 2 is 1.79 bits per heavy atom. The minimum atomic E-state index is -0.571. The Morgan fingerprint density at radius 3 is 2.48 bits per heavy atom. The summed E-state index contributed by atoms with van der Waals surface area (Å²) in [5.41, 5.74) is 3.12. The fraction of sp³-hybridized carbons (Fsp3) is 0.0870. The van der Waals surface area contributed by atoms with Gasteiger partial charge in [0, 0.05) is 29.8 Å². The van der Waals surface area contributed by atoms with E-state index in [0.717, 1.165) is 11.0 Å². The molecule has 0 spiro atoms. The molecule has 0 bridgehead atoms. The quantitative estimate of drug-likeness (QED) is 0.224. The average Bonchev–Trinajstić information content (AvgIpc) is 3.40. The first-order chi connectivity index (χ1) is 16.0. The molecule has 0 amide bonds. The Balaban J connectivity index is 1.62. The molecule has 0 aliphatic rings. The number of methoxy groups -OCH3 is 1. The molecule has 0 saturated heterocycles. The van der Waals surface area contributed by atoms with Crippen molar-refractivity contribution >= 4 is 16.7 Å². The maximum absolute atomic E-state index is 12.6. The van der Waals surface area contributed by atoms with Crippen LogP contribution in [0.1, 0.15) is 5.69 Å². The molecule has 10 heteroatoms. The molecular weight excluding hydrogens is 426 g/mol. The Labute approximate surface area is 187 Å². The van der Waals surface area contributed by atoms with Gasteiger partial charge in [-0.15, -0.1) is 0 Å². The lowest BCUT2D eigenvalue weighted by Crippen LogP contribution is -2.37. The number of ether oxygens (including phenoxy) is 1. The highest BCUT2D eigenvalue weighted by Gasteiger charge is 2.24. The Morgan fingerprint density at radius 1 is 1.06 bits per heavy atom. The number of imidazole rings is 1. The molecule has 0 saturated carbocycles. The molecule has 5 aromatic rings. The second-order valence-corrected chi connectivity index (χ2v) is 7.23. The predicted octanol–water partition coefficient (Wildman–Crippen LogP) is 3.01. The van der Waals surface area contributed by atoms with E-state index in [-0.39, 0.29) is 12.2 Å². The van der Waals surface area contributed by atoms with Gasteiger partial charge in [-0.3, -0.25) is 10.1 Å². The summed E-state index contributed by atoms with van der Waals surface area (Å²) >= 11 is 0. The fourth-order valence-corrected chi connectivity index (χ4v) is 3.66. The zero-order chi connectivity index (χ0) is 22.9. The third-order valence-electron chi connectivity index (χ3n) is 5.31. The lowest BCUT2D eigenvalue weighted by molar-refractivity contribution is -0.677. The number of fused-ring (bicyclic) bond motifs is 1. The summed E-state index contributed by atoms with van der Waals surface area (Å²) in [4.78, 5) is 15.3. The smallest absolute Gasteiger partial charge is 0.269 e. The van der Waals surface area contributed by atoms with Crippen LogP contribution in [0.25, 0.3) is 28.1 Å². The van der Waals surface area contributed by atoms with E-state index in [9.17, 15) is 15.2 Å². The van der Waals surface area contributed by atoms with Crippen molar-refractivity contribution in [2.24, 2.45) is 0 Å². The molecule has 5 rings (SSSR count). The first-order valence-electron chi connectivity index (χ1n) is 9.97. The highest BCUT2D eigenvalue weighted by molar-refractivity contribution is 5.80. The molecule has 0 aliphatic carbocycles. The summed E-state index contributed by atoms with van der Waals surface area (Å²) in [5, 5.41) is 27.5. The van der Waals surface area contributed by atoms with Gasteiger partial charge < -0.3 is 18.9 Å². The monoisotopic (exact) mass is 443 g/mol.